The zero-order valence-electron chi connectivity index (χ0n) is 18.5. The van der Waals surface area contributed by atoms with E-state index in [1.54, 1.807) is 0 Å². The Morgan fingerprint density at radius 3 is 1.45 bits per heavy atom. The molecule has 2 heteroatoms. The maximum atomic E-state index is 3.15. The first-order valence-corrected chi connectivity index (χ1v) is 11.0. The summed E-state index contributed by atoms with van der Waals surface area (Å²) >= 11 is 0. The fraction of sp³-hybridized carbons (Fsp3) is 0.0323. The number of nitrogens with zero attached hydrogens (tertiary/aromatic N) is 2. The highest BCUT2D eigenvalue weighted by atomic mass is 15.1. The van der Waals surface area contributed by atoms with Gasteiger partial charge in [-0.25, -0.2) is 0 Å². The van der Waals surface area contributed by atoms with E-state index in [-0.39, 0.29) is 0 Å². The van der Waals surface area contributed by atoms with Gasteiger partial charge in [-0.15, -0.1) is 0 Å². The molecule has 0 radical (unpaired) electrons. The van der Waals surface area contributed by atoms with Gasteiger partial charge >= 0.3 is 0 Å². The second-order valence-corrected chi connectivity index (χ2v) is 7.84. The number of benzene rings is 4. The number of anilines is 5. The Bertz CT molecular complexity index is 1240. The zero-order chi connectivity index (χ0) is 22.5. The fourth-order valence-corrected chi connectivity index (χ4v) is 3.96. The molecule has 158 valence electrons. The number of hydrogen-bond acceptors (Lipinski definition) is 2. The molecule has 0 aliphatic carbocycles. The van der Waals surface area contributed by atoms with Gasteiger partial charge in [0.2, 0.25) is 0 Å². The smallest absolute Gasteiger partial charge is 0.0924 e. The molecule has 33 heavy (non-hydrogen) atoms. The third kappa shape index (κ3) is 4.44. The third-order valence-electron chi connectivity index (χ3n) is 5.74. The van der Waals surface area contributed by atoms with Crippen LogP contribution in [0.3, 0.4) is 0 Å². The molecule has 0 saturated carbocycles. The molecule has 0 saturated heterocycles. The van der Waals surface area contributed by atoms with E-state index in [0.29, 0.717) is 0 Å². The molecule has 0 atom stereocenters. The average Bonchev–Trinajstić information content (AvgIpc) is 2.91. The van der Waals surface area contributed by atoms with Gasteiger partial charge in [0.25, 0.3) is 0 Å². The molecule has 0 amide bonds. The summed E-state index contributed by atoms with van der Waals surface area (Å²) < 4.78 is 0. The quantitative estimate of drug-likeness (QED) is 0.271. The Morgan fingerprint density at radius 1 is 0.485 bits per heavy atom. The van der Waals surface area contributed by atoms with Gasteiger partial charge in [0.15, 0.2) is 0 Å². The van der Waals surface area contributed by atoms with Crippen molar-refractivity contribution in [2.75, 3.05) is 16.8 Å². The van der Waals surface area contributed by atoms with Crippen molar-refractivity contribution in [2.24, 2.45) is 0 Å². The molecule has 0 aliphatic rings. The van der Waals surface area contributed by atoms with E-state index in [0.717, 1.165) is 28.4 Å². The molecule has 5 aromatic rings. The van der Waals surface area contributed by atoms with E-state index >= 15 is 0 Å². The van der Waals surface area contributed by atoms with Gasteiger partial charge in [0.1, 0.15) is 0 Å². The lowest BCUT2D eigenvalue weighted by molar-refractivity contribution is 1.21. The highest BCUT2D eigenvalue weighted by molar-refractivity contribution is 5.78. The van der Waals surface area contributed by atoms with Crippen molar-refractivity contribution in [1.82, 2.24) is 0 Å². The second kappa shape index (κ2) is 9.34. The Morgan fingerprint density at radius 2 is 0.970 bits per heavy atom. The van der Waals surface area contributed by atoms with Crippen molar-refractivity contribution in [2.45, 2.75) is 0 Å². The Balaban J connectivity index is 1.42. The van der Waals surface area contributed by atoms with Gasteiger partial charge in [0, 0.05) is 29.8 Å². The molecular weight excluding hydrogens is 400 g/mol. The first-order valence-electron chi connectivity index (χ1n) is 11.0. The van der Waals surface area contributed by atoms with Crippen LogP contribution in [0.1, 0.15) is 0 Å². The second-order valence-electron chi connectivity index (χ2n) is 7.84. The van der Waals surface area contributed by atoms with Crippen LogP contribution in [0.4, 0.5) is 28.4 Å². The molecule has 0 unspecified atom stereocenters. The number of rotatable bonds is 6. The van der Waals surface area contributed by atoms with Crippen LogP contribution in [0.25, 0.3) is 11.1 Å². The summed E-state index contributed by atoms with van der Waals surface area (Å²) in [6.45, 7) is 0. The molecule has 0 fully saturated rings. The minimum absolute atomic E-state index is 0.997. The van der Waals surface area contributed by atoms with Crippen molar-refractivity contribution in [3.05, 3.63) is 140 Å². The lowest BCUT2D eigenvalue weighted by Crippen LogP contribution is -2.09. The Kier molecular flexibility index (Phi) is 5.78. The fourth-order valence-electron chi connectivity index (χ4n) is 3.96. The first-order chi connectivity index (χ1) is 16.3. The summed E-state index contributed by atoms with van der Waals surface area (Å²) in [4.78, 5) is 4.39. The lowest BCUT2D eigenvalue weighted by atomic mass is 10.0. The first kappa shape index (κ1) is 20.4. The minimum atomic E-state index is 0.997. The normalized spacial score (nSPS) is 10.3. The summed E-state index contributed by atoms with van der Waals surface area (Å²) in [6, 6.07) is 50.3. The summed E-state index contributed by atoms with van der Waals surface area (Å²) in [5, 5.41) is 0. The van der Waals surface area contributed by atoms with Crippen molar-refractivity contribution in [3.63, 3.8) is 0 Å². The monoisotopic (exact) mass is 424 g/mol. The SMILES string of the molecule is CN(c1c#cccc1)c1ccc(-c2ccc(N(c3ccccc3)c3ccccc3)cc2)cc1. The molecule has 0 bridgehead atoms. The van der Waals surface area contributed by atoms with Crippen molar-refractivity contribution in [3.8, 4) is 11.1 Å². The predicted molar refractivity (Wildman–Crippen MR) is 139 cm³/mol. The Hall–Kier alpha value is -4.48. The summed E-state index contributed by atoms with van der Waals surface area (Å²) in [5.41, 5.74) is 7.89. The molecule has 0 heterocycles. The summed E-state index contributed by atoms with van der Waals surface area (Å²) in [6.07, 6.45) is 0. The van der Waals surface area contributed by atoms with Crippen molar-refractivity contribution >= 4 is 28.4 Å². The van der Waals surface area contributed by atoms with Crippen LogP contribution in [0.2, 0.25) is 0 Å². The Labute approximate surface area is 196 Å². The van der Waals surface area contributed by atoms with Gasteiger partial charge in [-0.2, -0.15) is 0 Å². The van der Waals surface area contributed by atoms with Crippen LogP contribution >= 0.6 is 0 Å². The van der Waals surface area contributed by atoms with E-state index in [1.165, 1.54) is 11.1 Å². The summed E-state index contributed by atoms with van der Waals surface area (Å²) in [5.74, 6) is 0. The van der Waals surface area contributed by atoms with Crippen LogP contribution in [-0.2, 0) is 0 Å². The number of hydrogen-bond donors (Lipinski definition) is 0. The largest absolute Gasteiger partial charge is 0.338 e. The van der Waals surface area contributed by atoms with E-state index in [4.69, 9.17) is 0 Å². The third-order valence-corrected chi connectivity index (χ3v) is 5.74. The molecule has 0 spiro atoms. The zero-order valence-corrected chi connectivity index (χ0v) is 18.5. The van der Waals surface area contributed by atoms with Gasteiger partial charge in [-0.1, -0.05) is 72.8 Å². The molecule has 5 rings (SSSR count). The predicted octanol–water partition coefficient (Wildman–Crippen LogP) is 8.19. The molecule has 5 aromatic carbocycles. The highest BCUT2D eigenvalue weighted by Crippen LogP contribution is 2.35. The van der Waals surface area contributed by atoms with Crippen molar-refractivity contribution < 1.29 is 0 Å². The average molecular weight is 425 g/mol. The number of para-hydroxylation sites is 2. The minimum Gasteiger partial charge on any atom is -0.338 e. The van der Waals surface area contributed by atoms with Crippen LogP contribution in [0.15, 0.2) is 127 Å². The van der Waals surface area contributed by atoms with Gasteiger partial charge in [-0.05, 0) is 77.9 Å². The van der Waals surface area contributed by atoms with Crippen LogP contribution < -0.4 is 9.80 Å². The highest BCUT2D eigenvalue weighted by Gasteiger charge is 2.12. The van der Waals surface area contributed by atoms with Gasteiger partial charge in [0.05, 0.1) is 5.69 Å². The van der Waals surface area contributed by atoms with Gasteiger partial charge < -0.3 is 9.80 Å². The standard InChI is InChI=1S/C31H24N2/c1-32(27-11-5-2-6-12-27)28-21-17-25(18-22-28)26-19-23-31(24-20-26)33(29-13-7-3-8-14-29)30-15-9-4-10-16-30/h2-5,7-11,13-24H,1H3. The molecular formula is C31H24N2. The maximum absolute atomic E-state index is 3.15. The molecule has 2 nitrogen and oxygen atoms in total. The topological polar surface area (TPSA) is 6.48 Å². The van der Waals surface area contributed by atoms with E-state index in [2.05, 4.69) is 119 Å². The lowest BCUT2D eigenvalue weighted by Gasteiger charge is -2.25. The maximum Gasteiger partial charge on any atom is 0.0924 e. The van der Waals surface area contributed by atoms with Crippen molar-refractivity contribution in [1.29, 1.82) is 0 Å². The summed E-state index contributed by atoms with van der Waals surface area (Å²) in [7, 11) is 2.05. The van der Waals surface area contributed by atoms with Crippen LogP contribution in [-0.4, -0.2) is 7.05 Å². The van der Waals surface area contributed by atoms with E-state index in [9.17, 15) is 0 Å². The molecule has 0 aliphatic heterocycles. The van der Waals surface area contributed by atoms with Crippen LogP contribution in [0.5, 0.6) is 0 Å². The van der Waals surface area contributed by atoms with E-state index < -0.39 is 0 Å². The van der Waals surface area contributed by atoms with Gasteiger partial charge in [-0.3, -0.25) is 0 Å². The van der Waals surface area contributed by atoms with E-state index in [1.807, 2.05) is 37.4 Å². The van der Waals surface area contributed by atoms with Crippen LogP contribution in [0, 0.1) is 12.1 Å². The molecule has 0 aromatic heterocycles. The molecule has 0 N–H and O–H groups in total.